The zero-order chi connectivity index (χ0) is 18.0. The first-order valence-corrected chi connectivity index (χ1v) is 8.42. The van der Waals surface area contributed by atoms with Gasteiger partial charge >= 0.3 is 0 Å². The molecule has 0 unspecified atom stereocenters. The Morgan fingerprint density at radius 2 is 1.85 bits per heavy atom. The van der Waals surface area contributed by atoms with Gasteiger partial charge in [-0.1, -0.05) is 11.6 Å². The molecule has 5 heteroatoms. The largest absolute Gasteiger partial charge is 0.487 e. The highest BCUT2D eigenvalue weighted by Crippen LogP contribution is 2.28. The summed E-state index contributed by atoms with van der Waals surface area (Å²) in [5.74, 6) is 0.366. The molecule has 0 spiro atoms. The van der Waals surface area contributed by atoms with Gasteiger partial charge in [0.2, 0.25) is 0 Å². The lowest BCUT2D eigenvalue weighted by atomic mass is 10.2. The molecule has 3 nitrogen and oxygen atoms in total. The van der Waals surface area contributed by atoms with E-state index in [-0.39, 0.29) is 18.2 Å². The molecule has 0 fully saturated rings. The SMILES string of the molecule is CC(C)=CCn1c(C)c(C)c2ccnc(COc3ccc(F)cc3)c21.Cl. The van der Waals surface area contributed by atoms with Crippen molar-refractivity contribution in [3.63, 3.8) is 0 Å². The maximum atomic E-state index is 13.0. The van der Waals surface area contributed by atoms with Gasteiger partial charge in [-0.25, -0.2) is 4.39 Å². The fraction of sp³-hybridized carbons (Fsp3) is 0.286. The van der Waals surface area contributed by atoms with Crippen LogP contribution in [0.4, 0.5) is 4.39 Å². The van der Waals surface area contributed by atoms with E-state index in [1.807, 2.05) is 6.20 Å². The van der Waals surface area contributed by atoms with Gasteiger partial charge in [-0.15, -0.1) is 12.4 Å². The summed E-state index contributed by atoms with van der Waals surface area (Å²) in [7, 11) is 0. The summed E-state index contributed by atoms with van der Waals surface area (Å²) in [6.07, 6.45) is 4.03. The second-order valence-corrected chi connectivity index (χ2v) is 6.50. The van der Waals surface area contributed by atoms with Gasteiger partial charge < -0.3 is 9.30 Å². The van der Waals surface area contributed by atoms with E-state index in [0.717, 1.165) is 17.8 Å². The number of benzene rings is 1. The van der Waals surface area contributed by atoms with E-state index in [1.54, 1.807) is 12.1 Å². The molecule has 138 valence electrons. The highest BCUT2D eigenvalue weighted by molar-refractivity contribution is 5.87. The Kier molecular flexibility index (Phi) is 6.43. The second-order valence-electron chi connectivity index (χ2n) is 6.50. The quantitative estimate of drug-likeness (QED) is 0.531. The molecule has 3 aromatic rings. The molecule has 0 bridgehead atoms. The summed E-state index contributed by atoms with van der Waals surface area (Å²) >= 11 is 0. The molecule has 0 atom stereocenters. The number of hydrogen-bond donors (Lipinski definition) is 0. The van der Waals surface area contributed by atoms with Crippen LogP contribution in [-0.2, 0) is 13.2 Å². The van der Waals surface area contributed by atoms with Crippen LogP contribution in [0.5, 0.6) is 5.75 Å². The van der Waals surface area contributed by atoms with Crippen molar-refractivity contribution >= 4 is 23.3 Å². The van der Waals surface area contributed by atoms with Gasteiger partial charge in [-0.05, 0) is 63.6 Å². The molecule has 0 saturated carbocycles. The summed E-state index contributed by atoms with van der Waals surface area (Å²) in [4.78, 5) is 4.54. The fourth-order valence-corrected chi connectivity index (χ4v) is 2.96. The van der Waals surface area contributed by atoms with Gasteiger partial charge in [0.25, 0.3) is 0 Å². The summed E-state index contributed by atoms with van der Waals surface area (Å²) < 4.78 is 21.1. The molecule has 0 N–H and O–H groups in total. The third kappa shape index (κ3) is 4.07. The Morgan fingerprint density at radius 1 is 1.15 bits per heavy atom. The molecule has 0 amide bonds. The van der Waals surface area contributed by atoms with Crippen molar-refractivity contribution in [1.82, 2.24) is 9.55 Å². The Labute approximate surface area is 159 Å². The fourth-order valence-electron chi connectivity index (χ4n) is 2.96. The van der Waals surface area contributed by atoms with E-state index in [2.05, 4.69) is 49.4 Å². The van der Waals surface area contributed by atoms with Crippen molar-refractivity contribution in [2.24, 2.45) is 0 Å². The number of rotatable bonds is 5. The molecular weight excluding hydrogens is 351 g/mol. The van der Waals surface area contributed by atoms with E-state index >= 15 is 0 Å². The van der Waals surface area contributed by atoms with Crippen molar-refractivity contribution in [2.45, 2.75) is 40.8 Å². The number of halogens is 2. The van der Waals surface area contributed by atoms with Crippen LogP contribution >= 0.6 is 12.4 Å². The molecule has 1 aromatic carbocycles. The van der Waals surface area contributed by atoms with Crippen LogP contribution in [0.15, 0.2) is 48.2 Å². The van der Waals surface area contributed by atoms with E-state index < -0.39 is 0 Å². The molecule has 2 aromatic heterocycles. The zero-order valence-electron chi connectivity index (χ0n) is 15.5. The average Bonchev–Trinajstić information content (AvgIpc) is 2.84. The summed E-state index contributed by atoms with van der Waals surface area (Å²) in [5.41, 5.74) is 5.79. The van der Waals surface area contributed by atoms with Gasteiger partial charge in [-0.2, -0.15) is 0 Å². The van der Waals surface area contributed by atoms with Crippen LogP contribution in [0, 0.1) is 19.7 Å². The van der Waals surface area contributed by atoms with Crippen LogP contribution in [-0.4, -0.2) is 9.55 Å². The van der Waals surface area contributed by atoms with E-state index in [1.165, 1.54) is 34.3 Å². The minimum Gasteiger partial charge on any atom is -0.487 e. The maximum Gasteiger partial charge on any atom is 0.132 e. The smallest absolute Gasteiger partial charge is 0.132 e. The van der Waals surface area contributed by atoms with Crippen molar-refractivity contribution in [3.05, 3.63) is 70.9 Å². The molecule has 0 aliphatic rings. The second kappa shape index (κ2) is 8.37. The first-order valence-electron chi connectivity index (χ1n) is 8.42. The number of nitrogens with zero attached hydrogens (tertiary/aromatic N) is 2. The molecule has 0 aliphatic carbocycles. The van der Waals surface area contributed by atoms with Gasteiger partial charge in [0.1, 0.15) is 23.9 Å². The van der Waals surface area contributed by atoms with Crippen molar-refractivity contribution < 1.29 is 9.13 Å². The predicted octanol–water partition coefficient (Wildman–Crippen LogP) is 5.76. The minimum absolute atomic E-state index is 0. The van der Waals surface area contributed by atoms with Crippen molar-refractivity contribution in [3.8, 4) is 5.75 Å². The first kappa shape index (κ1) is 20.0. The lowest BCUT2D eigenvalue weighted by molar-refractivity contribution is 0.302. The monoisotopic (exact) mass is 374 g/mol. The van der Waals surface area contributed by atoms with Crippen LogP contribution in [0.3, 0.4) is 0 Å². The molecular formula is C21H24ClFN2O. The first-order chi connectivity index (χ1) is 12.0. The maximum absolute atomic E-state index is 13.0. The standard InChI is InChI=1S/C21H23FN2O.ClH/c1-14(2)10-12-24-16(4)15(3)19-9-11-23-20(21(19)24)13-25-18-7-5-17(22)6-8-18;/h5-11H,12-13H2,1-4H3;1H. The number of hydrogen-bond acceptors (Lipinski definition) is 2. The predicted molar refractivity (Wildman–Crippen MR) is 107 cm³/mol. The van der Waals surface area contributed by atoms with Crippen LogP contribution in [0.1, 0.15) is 30.8 Å². The lowest BCUT2D eigenvalue weighted by Gasteiger charge is -2.11. The Balaban J connectivity index is 0.00000243. The zero-order valence-corrected chi connectivity index (χ0v) is 16.4. The van der Waals surface area contributed by atoms with Crippen LogP contribution < -0.4 is 4.74 Å². The van der Waals surface area contributed by atoms with Crippen LogP contribution in [0.25, 0.3) is 10.9 Å². The Morgan fingerprint density at radius 3 is 2.50 bits per heavy atom. The minimum atomic E-state index is -0.269. The summed E-state index contributed by atoms with van der Waals surface area (Å²) in [6.45, 7) is 9.64. The van der Waals surface area contributed by atoms with E-state index in [4.69, 9.17) is 4.74 Å². The van der Waals surface area contributed by atoms with E-state index in [0.29, 0.717) is 12.4 Å². The van der Waals surface area contributed by atoms with Crippen molar-refractivity contribution in [1.29, 1.82) is 0 Å². The number of ether oxygens (including phenoxy) is 1. The highest BCUT2D eigenvalue weighted by Gasteiger charge is 2.15. The number of pyridine rings is 1. The Bertz CT molecular complexity index is 925. The average molecular weight is 375 g/mol. The Hall–Kier alpha value is -2.33. The molecule has 26 heavy (non-hydrogen) atoms. The highest BCUT2D eigenvalue weighted by atomic mass is 35.5. The number of allylic oxidation sites excluding steroid dienone is 2. The number of aromatic nitrogens is 2. The van der Waals surface area contributed by atoms with E-state index in [9.17, 15) is 4.39 Å². The summed E-state index contributed by atoms with van der Waals surface area (Å²) in [5, 5.41) is 1.20. The molecule has 2 heterocycles. The van der Waals surface area contributed by atoms with Crippen LogP contribution in [0.2, 0.25) is 0 Å². The van der Waals surface area contributed by atoms with Gasteiger partial charge in [0.05, 0.1) is 5.52 Å². The molecule has 3 rings (SSSR count). The molecule has 0 aliphatic heterocycles. The van der Waals surface area contributed by atoms with Gasteiger partial charge in [0.15, 0.2) is 0 Å². The normalized spacial score (nSPS) is 10.5. The third-order valence-electron chi connectivity index (χ3n) is 4.49. The van der Waals surface area contributed by atoms with Gasteiger partial charge in [-0.3, -0.25) is 4.98 Å². The van der Waals surface area contributed by atoms with Gasteiger partial charge in [0, 0.05) is 23.8 Å². The number of fused-ring (bicyclic) bond motifs is 1. The lowest BCUT2D eigenvalue weighted by Crippen LogP contribution is -2.05. The number of aryl methyl sites for hydroxylation is 1. The molecule has 0 radical (unpaired) electrons. The summed E-state index contributed by atoms with van der Waals surface area (Å²) in [6, 6.07) is 8.12. The van der Waals surface area contributed by atoms with Crippen molar-refractivity contribution in [2.75, 3.05) is 0 Å². The molecule has 0 saturated heterocycles. The topological polar surface area (TPSA) is 27.1 Å². The third-order valence-corrected chi connectivity index (χ3v) is 4.49.